The number of hydrogen-bond acceptors (Lipinski definition) is 3. The zero-order valence-electron chi connectivity index (χ0n) is 15.0. The second kappa shape index (κ2) is 10.0. The fourth-order valence-electron chi connectivity index (χ4n) is 3.36. The summed E-state index contributed by atoms with van der Waals surface area (Å²) < 4.78 is 5.32. The van der Waals surface area contributed by atoms with Gasteiger partial charge in [-0.3, -0.25) is 4.90 Å². The molecule has 1 aliphatic rings. The van der Waals surface area contributed by atoms with E-state index in [1.54, 1.807) is 7.11 Å². The standard InChI is InChI=1S/C20H26N2O.2ClH/c1-15(2)12-20(22-10-8-21-9-11-22)18-5-4-17-14-19(23-3)7-6-16(17)13-18;;/h4-7,13-14,20-21H,1,8-12H2,2-3H3;2*1H/t20-;;/m1../s1. The van der Waals surface area contributed by atoms with Gasteiger partial charge in [-0.05, 0) is 47.9 Å². The van der Waals surface area contributed by atoms with Gasteiger partial charge in [-0.25, -0.2) is 0 Å². The lowest BCUT2D eigenvalue weighted by atomic mass is 9.95. The van der Waals surface area contributed by atoms with Crippen molar-refractivity contribution in [2.75, 3.05) is 33.3 Å². The van der Waals surface area contributed by atoms with Crippen LogP contribution in [0.1, 0.15) is 24.9 Å². The number of nitrogens with one attached hydrogen (secondary N) is 1. The number of ether oxygens (including phenoxy) is 1. The number of piperazine rings is 1. The predicted octanol–water partition coefficient (Wildman–Crippen LogP) is 4.60. The smallest absolute Gasteiger partial charge is 0.119 e. The van der Waals surface area contributed by atoms with Crippen LogP contribution in [0.3, 0.4) is 0 Å². The molecule has 0 aliphatic carbocycles. The Bertz CT molecular complexity index is 699. The number of rotatable bonds is 5. The van der Waals surface area contributed by atoms with E-state index in [1.807, 2.05) is 6.07 Å². The van der Waals surface area contributed by atoms with Gasteiger partial charge in [0.2, 0.25) is 0 Å². The zero-order chi connectivity index (χ0) is 16.2. The Labute approximate surface area is 163 Å². The number of nitrogens with zero attached hydrogens (tertiary/aromatic N) is 1. The molecule has 2 aromatic rings. The number of fused-ring (bicyclic) bond motifs is 1. The highest BCUT2D eigenvalue weighted by Crippen LogP contribution is 2.31. The van der Waals surface area contributed by atoms with Crippen molar-refractivity contribution in [1.82, 2.24) is 10.2 Å². The van der Waals surface area contributed by atoms with Gasteiger partial charge in [0.1, 0.15) is 5.75 Å². The van der Waals surface area contributed by atoms with Crippen LogP contribution in [0, 0.1) is 0 Å². The van der Waals surface area contributed by atoms with Crippen molar-refractivity contribution < 1.29 is 4.74 Å². The maximum atomic E-state index is 5.32. The molecule has 3 nitrogen and oxygen atoms in total. The minimum atomic E-state index is 0. The summed E-state index contributed by atoms with van der Waals surface area (Å²) in [5, 5.41) is 5.93. The average molecular weight is 383 g/mol. The van der Waals surface area contributed by atoms with Crippen molar-refractivity contribution in [2.45, 2.75) is 19.4 Å². The average Bonchev–Trinajstić information content (AvgIpc) is 2.59. The predicted molar refractivity (Wildman–Crippen MR) is 112 cm³/mol. The summed E-state index contributed by atoms with van der Waals surface area (Å²) in [6, 6.07) is 13.5. The van der Waals surface area contributed by atoms with Crippen LogP contribution in [0.5, 0.6) is 5.75 Å². The molecule has 1 saturated heterocycles. The molecule has 0 bridgehead atoms. The lowest BCUT2D eigenvalue weighted by Crippen LogP contribution is -2.45. The maximum absolute atomic E-state index is 5.32. The van der Waals surface area contributed by atoms with E-state index in [0.717, 1.165) is 38.3 Å². The molecule has 25 heavy (non-hydrogen) atoms. The normalized spacial score (nSPS) is 15.8. The topological polar surface area (TPSA) is 24.5 Å². The molecule has 5 heteroatoms. The number of methoxy groups -OCH3 is 1. The van der Waals surface area contributed by atoms with Gasteiger partial charge < -0.3 is 10.1 Å². The molecule has 0 unspecified atom stereocenters. The third-order valence-corrected chi connectivity index (χ3v) is 4.59. The molecule has 1 aliphatic heterocycles. The maximum Gasteiger partial charge on any atom is 0.119 e. The van der Waals surface area contributed by atoms with Gasteiger partial charge in [0.25, 0.3) is 0 Å². The quantitative estimate of drug-likeness (QED) is 0.764. The highest BCUT2D eigenvalue weighted by Gasteiger charge is 2.22. The molecule has 2 aromatic carbocycles. The third-order valence-electron chi connectivity index (χ3n) is 4.59. The molecule has 3 rings (SSSR count). The molecule has 0 amide bonds. The van der Waals surface area contributed by atoms with Crippen molar-refractivity contribution in [1.29, 1.82) is 0 Å². The first-order chi connectivity index (χ1) is 11.2. The SMILES string of the molecule is C=C(C)C[C@H](c1ccc2cc(OC)ccc2c1)N1CCNCC1.Cl.Cl. The monoisotopic (exact) mass is 382 g/mol. The molecule has 1 atom stereocenters. The number of hydrogen-bond donors (Lipinski definition) is 1. The highest BCUT2D eigenvalue weighted by molar-refractivity contribution is 5.86. The second-order valence-electron chi connectivity index (χ2n) is 6.44. The molecule has 1 fully saturated rings. The van der Waals surface area contributed by atoms with Crippen molar-refractivity contribution in [2.24, 2.45) is 0 Å². The van der Waals surface area contributed by atoms with E-state index >= 15 is 0 Å². The van der Waals surface area contributed by atoms with E-state index < -0.39 is 0 Å². The van der Waals surface area contributed by atoms with Crippen LogP contribution in [-0.4, -0.2) is 38.2 Å². The summed E-state index contributed by atoms with van der Waals surface area (Å²) >= 11 is 0. The van der Waals surface area contributed by atoms with Crippen LogP contribution in [0.15, 0.2) is 48.6 Å². The number of halogens is 2. The molecule has 0 aromatic heterocycles. The molecule has 0 saturated carbocycles. The summed E-state index contributed by atoms with van der Waals surface area (Å²) in [5.41, 5.74) is 2.62. The van der Waals surface area contributed by atoms with Gasteiger partial charge in [-0.15, -0.1) is 31.4 Å². The van der Waals surface area contributed by atoms with E-state index in [0.29, 0.717) is 6.04 Å². The van der Waals surface area contributed by atoms with E-state index in [2.05, 4.69) is 54.1 Å². The second-order valence-corrected chi connectivity index (χ2v) is 6.44. The van der Waals surface area contributed by atoms with Crippen molar-refractivity contribution in [3.63, 3.8) is 0 Å². The van der Waals surface area contributed by atoms with Gasteiger partial charge in [0, 0.05) is 32.2 Å². The van der Waals surface area contributed by atoms with E-state index in [9.17, 15) is 0 Å². The minimum absolute atomic E-state index is 0. The fourth-order valence-corrected chi connectivity index (χ4v) is 3.36. The first-order valence-electron chi connectivity index (χ1n) is 8.34. The van der Waals surface area contributed by atoms with Crippen LogP contribution in [-0.2, 0) is 0 Å². The highest BCUT2D eigenvalue weighted by atomic mass is 35.5. The molecular formula is C20H28Cl2N2O. The van der Waals surface area contributed by atoms with Crippen molar-refractivity contribution in [3.8, 4) is 5.75 Å². The van der Waals surface area contributed by atoms with Gasteiger partial charge in [-0.2, -0.15) is 0 Å². The Balaban J connectivity index is 0.00000156. The van der Waals surface area contributed by atoms with Crippen LogP contribution >= 0.6 is 24.8 Å². The third kappa shape index (κ3) is 5.35. The summed E-state index contributed by atoms with van der Waals surface area (Å²) in [7, 11) is 1.71. The molecule has 138 valence electrons. The molecule has 1 N–H and O–H groups in total. The molecule has 0 spiro atoms. The Morgan fingerprint density at radius 3 is 2.40 bits per heavy atom. The first-order valence-corrected chi connectivity index (χ1v) is 8.34. The first kappa shape index (κ1) is 21.8. The van der Waals surface area contributed by atoms with Gasteiger partial charge >= 0.3 is 0 Å². The Hall–Kier alpha value is -1.26. The lowest BCUT2D eigenvalue weighted by Gasteiger charge is -2.35. The Kier molecular flexibility index (Phi) is 8.74. The van der Waals surface area contributed by atoms with Gasteiger partial charge in [0.05, 0.1) is 7.11 Å². The lowest BCUT2D eigenvalue weighted by molar-refractivity contribution is 0.172. The summed E-state index contributed by atoms with van der Waals surface area (Å²) in [4.78, 5) is 2.58. The van der Waals surface area contributed by atoms with Crippen molar-refractivity contribution >= 4 is 35.6 Å². The summed E-state index contributed by atoms with van der Waals surface area (Å²) in [6.45, 7) is 10.6. The van der Waals surface area contributed by atoms with E-state index in [4.69, 9.17) is 4.74 Å². The van der Waals surface area contributed by atoms with Crippen molar-refractivity contribution in [3.05, 3.63) is 54.1 Å². The van der Waals surface area contributed by atoms with Crippen LogP contribution in [0.4, 0.5) is 0 Å². The fraction of sp³-hybridized carbons (Fsp3) is 0.400. The Morgan fingerprint density at radius 1 is 1.12 bits per heavy atom. The molecule has 1 heterocycles. The molecular weight excluding hydrogens is 355 g/mol. The van der Waals surface area contributed by atoms with E-state index in [1.165, 1.54) is 21.9 Å². The van der Waals surface area contributed by atoms with E-state index in [-0.39, 0.29) is 24.8 Å². The zero-order valence-corrected chi connectivity index (χ0v) is 16.6. The number of benzene rings is 2. The Morgan fingerprint density at radius 2 is 1.76 bits per heavy atom. The van der Waals surface area contributed by atoms with Crippen LogP contribution in [0.2, 0.25) is 0 Å². The largest absolute Gasteiger partial charge is 0.497 e. The van der Waals surface area contributed by atoms with Crippen LogP contribution in [0.25, 0.3) is 10.8 Å². The summed E-state index contributed by atoms with van der Waals surface area (Å²) in [6.07, 6.45) is 1.02. The van der Waals surface area contributed by atoms with Gasteiger partial charge in [0.15, 0.2) is 0 Å². The minimum Gasteiger partial charge on any atom is -0.497 e. The van der Waals surface area contributed by atoms with Gasteiger partial charge in [-0.1, -0.05) is 23.8 Å². The molecule has 0 radical (unpaired) electrons. The summed E-state index contributed by atoms with van der Waals surface area (Å²) in [5.74, 6) is 0.908. The van der Waals surface area contributed by atoms with Crippen LogP contribution < -0.4 is 10.1 Å².